The van der Waals surface area contributed by atoms with Crippen LogP contribution in [0.1, 0.15) is 11.4 Å². The predicted molar refractivity (Wildman–Crippen MR) is 59.0 cm³/mol. The van der Waals surface area contributed by atoms with E-state index in [0.717, 1.165) is 17.1 Å². The maximum Gasteiger partial charge on any atom is 0.298 e. The van der Waals surface area contributed by atoms with Gasteiger partial charge in [0.15, 0.2) is 11.6 Å². The molecule has 0 aliphatic carbocycles. The Bertz CT molecular complexity index is 501. The van der Waals surface area contributed by atoms with E-state index in [-0.39, 0.29) is 5.75 Å². The molecule has 0 fully saturated rings. The smallest absolute Gasteiger partial charge is 0.298 e. The molecule has 0 unspecified atom stereocenters. The van der Waals surface area contributed by atoms with E-state index in [4.69, 9.17) is 10.5 Å². The van der Waals surface area contributed by atoms with E-state index in [1.54, 1.807) is 13.0 Å². The Hall–Kier alpha value is -1.53. The highest BCUT2D eigenvalue weighted by atomic mass is 32.1. The fourth-order valence-corrected chi connectivity index (χ4v) is 1.72. The lowest BCUT2D eigenvalue weighted by Gasteiger charge is -2.04. The first-order valence-corrected chi connectivity index (χ1v) is 5.43. The molecule has 1 heterocycles. The quantitative estimate of drug-likeness (QED) is 0.892. The van der Waals surface area contributed by atoms with Gasteiger partial charge in [-0.25, -0.2) is 4.39 Å². The Morgan fingerprint density at radius 3 is 2.88 bits per heavy atom. The highest BCUT2D eigenvalue weighted by Gasteiger charge is 2.08. The zero-order chi connectivity index (χ0) is 11.5. The van der Waals surface area contributed by atoms with Crippen molar-refractivity contribution in [2.24, 2.45) is 5.73 Å². The monoisotopic (exact) mass is 239 g/mol. The van der Waals surface area contributed by atoms with Crippen molar-refractivity contribution >= 4 is 11.5 Å². The first kappa shape index (κ1) is 11.0. The van der Waals surface area contributed by atoms with Crippen molar-refractivity contribution in [3.05, 3.63) is 35.4 Å². The first-order valence-electron chi connectivity index (χ1n) is 4.65. The standard InChI is InChI=1S/C10H10FN3OS/c1-6-13-10(16-14-6)15-9-3-2-7(5-12)4-8(9)11/h2-4H,5,12H2,1H3. The molecule has 2 rings (SSSR count). The lowest BCUT2D eigenvalue weighted by molar-refractivity contribution is 0.438. The highest BCUT2D eigenvalue weighted by Crippen LogP contribution is 2.26. The number of ether oxygens (including phenoxy) is 1. The molecule has 0 saturated heterocycles. The molecule has 2 N–H and O–H groups in total. The molecule has 1 aromatic carbocycles. The number of hydrogen-bond acceptors (Lipinski definition) is 5. The lowest BCUT2D eigenvalue weighted by atomic mass is 10.2. The largest absolute Gasteiger partial charge is 0.427 e. The van der Waals surface area contributed by atoms with Crippen LogP contribution in [0, 0.1) is 12.7 Å². The van der Waals surface area contributed by atoms with Crippen molar-refractivity contribution < 1.29 is 9.13 Å². The Balaban J connectivity index is 2.21. The number of nitrogens with zero attached hydrogens (tertiary/aromatic N) is 2. The van der Waals surface area contributed by atoms with Gasteiger partial charge in [-0.3, -0.25) is 0 Å². The fourth-order valence-electron chi connectivity index (χ4n) is 1.17. The van der Waals surface area contributed by atoms with Crippen LogP contribution in [0.5, 0.6) is 10.9 Å². The molecule has 0 aliphatic heterocycles. The van der Waals surface area contributed by atoms with Gasteiger partial charge in [0, 0.05) is 18.1 Å². The normalized spacial score (nSPS) is 10.4. The summed E-state index contributed by atoms with van der Waals surface area (Å²) in [5, 5.41) is 0.330. The second-order valence-electron chi connectivity index (χ2n) is 3.18. The average Bonchev–Trinajstić information content (AvgIpc) is 2.67. The summed E-state index contributed by atoms with van der Waals surface area (Å²) < 4.78 is 22.7. The number of hydrogen-bond donors (Lipinski definition) is 1. The number of aryl methyl sites for hydroxylation is 1. The molecule has 0 atom stereocenters. The third-order valence-electron chi connectivity index (χ3n) is 1.94. The Morgan fingerprint density at radius 2 is 2.31 bits per heavy atom. The van der Waals surface area contributed by atoms with Crippen LogP contribution in [-0.4, -0.2) is 9.36 Å². The molecule has 0 amide bonds. The highest BCUT2D eigenvalue weighted by molar-refractivity contribution is 7.07. The van der Waals surface area contributed by atoms with Crippen LogP contribution in [-0.2, 0) is 6.54 Å². The zero-order valence-electron chi connectivity index (χ0n) is 8.61. The van der Waals surface area contributed by atoms with Crippen molar-refractivity contribution in [3.63, 3.8) is 0 Å². The van der Waals surface area contributed by atoms with E-state index in [1.165, 1.54) is 12.1 Å². The molecule has 0 spiro atoms. The second-order valence-corrected chi connectivity index (χ2v) is 3.89. The van der Waals surface area contributed by atoms with Crippen molar-refractivity contribution in [1.29, 1.82) is 0 Å². The van der Waals surface area contributed by atoms with Crippen molar-refractivity contribution in [2.45, 2.75) is 13.5 Å². The van der Waals surface area contributed by atoms with Gasteiger partial charge in [0.05, 0.1) is 0 Å². The van der Waals surface area contributed by atoms with Crippen LogP contribution < -0.4 is 10.5 Å². The number of halogens is 1. The van der Waals surface area contributed by atoms with Crippen LogP contribution in [0.25, 0.3) is 0 Å². The summed E-state index contributed by atoms with van der Waals surface area (Å²) in [5.41, 5.74) is 6.12. The van der Waals surface area contributed by atoms with Crippen molar-refractivity contribution in [1.82, 2.24) is 9.36 Å². The van der Waals surface area contributed by atoms with E-state index >= 15 is 0 Å². The van der Waals surface area contributed by atoms with Crippen LogP contribution in [0.3, 0.4) is 0 Å². The summed E-state index contributed by atoms with van der Waals surface area (Å²) >= 11 is 1.09. The van der Waals surface area contributed by atoms with Crippen molar-refractivity contribution in [2.75, 3.05) is 0 Å². The Morgan fingerprint density at radius 1 is 1.50 bits per heavy atom. The molecule has 0 radical (unpaired) electrons. The van der Waals surface area contributed by atoms with Gasteiger partial charge < -0.3 is 10.5 Å². The van der Waals surface area contributed by atoms with E-state index in [2.05, 4.69) is 9.36 Å². The van der Waals surface area contributed by atoms with E-state index in [0.29, 0.717) is 17.6 Å². The molecular weight excluding hydrogens is 229 g/mol. The molecule has 6 heteroatoms. The van der Waals surface area contributed by atoms with E-state index in [9.17, 15) is 4.39 Å². The summed E-state index contributed by atoms with van der Waals surface area (Å²) in [6, 6.07) is 4.60. The number of nitrogens with two attached hydrogens (primary N) is 1. The maximum absolute atomic E-state index is 13.5. The van der Waals surface area contributed by atoms with Gasteiger partial charge in [-0.05, 0) is 24.6 Å². The predicted octanol–water partition coefficient (Wildman–Crippen LogP) is 2.24. The molecule has 2 aromatic rings. The first-order chi connectivity index (χ1) is 7.69. The lowest BCUT2D eigenvalue weighted by Crippen LogP contribution is -1.97. The molecule has 1 aromatic heterocycles. The maximum atomic E-state index is 13.5. The van der Waals surface area contributed by atoms with Gasteiger partial charge in [0.1, 0.15) is 5.82 Å². The molecule has 16 heavy (non-hydrogen) atoms. The molecule has 4 nitrogen and oxygen atoms in total. The van der Waals surface area contributed by atoms with Gasteiger partial charge >= 0.3 is 0 Å². The molecule has 0 bridgehead atoms. The minimum absolute atomic E-state index is 0.133. The second kappa shape index (κ2) is 4.54. The van der Waals surface area contributed by atoms with E-state index in [1.807, 2.05) is 0 Å². The number of rotatable bonds is 3. The summed E-state index contributed by atoms with van der Waals surface area (Å²) in [5.74, 6) is 0.295. The summed E-state index contributed by atoms with van der Waals surface area (Å²) in [6.45, 7) is 2.05. The zero-order valence-corrected chi connectivity index (χ0v) is 9.42. The van der Waals surface area contributed by atoms with Crippen LogP contribution in [0.4, 0.5) is 4.39 Å². The summed E-state index contributed by atoms with van der Waals surface area (Å²) in [6.07, 6.45) is 0. The van der Waals surface area contributed by atoms with Gasteiger partial charge in [-0.1, -0.05) is 6.07 Å². The molecule has 0 saturated carbocycles. The molecular formula is C10H10FN3OS. The van der Waals surface area contributed by atoms with Crippen LogP contribution >= 0.6 is 11.5 Å². The Labute approximate surface area is 96.1 Å². The Kier molecular flexibility index (Phi) is 3.12. The fraction of sp³-hybridized carbons (Fsp3) is 0.200. The van der Waals surface area contributed by atoms with Gasteiger partial charge in [0.2, 0.25) is 0 Å². The SMILES string of the molecule is Cc1nsc(Oc2ccc(CN)cc2F)n1. The van der Waals surface area contributed by atoms with Gasteiger partial charge in [-0.2, -0.15) is 9.36 Å². The molecule has 0 aliphatic rings. The third kappa shape index (κ3) is 2.34. The van der Waals surface area contributed by atoms with Gasteiger partial charge in [0.25, 0.3) is 5.19 Å². The summed E-state index contributed by atoms with van der Waals surface area (Å²) in [4.78, 5) is 3.98. The number of aromatic nitrogens is 2. The minimum Gasteiger partial charge on any atom is -0.427 e. The summed E-state index contributed by atoms with van der Waals surface area (Å²) in [7, 11) is 0. The molecule has 84 valence electrons. The van der Waals surface area contributed by atoms with E-state index < -0.39 is 5.82 Å². The topological polar surface area (TPSA) is 61.0 Å². The average molecular weight is 239 g/mol. The minimum atomic E-state index is -0.448. The van der Waals surface area contributed by atoms with Crippen molar-refractivity contribution in [3.8, 4) is 10.9 Å². The van der Waals surface area contributed by atoms with Crippen LogP contribution in [0.2, 0.25) is 0 Å². The number of benzene rings is 1. The van der Waals surface area contributed by atoms with Crippen LogP contribution in [0.15, 0.2) is 18.2 Å². The van der Waals surface area contributed by atoms with Gasteiger partial charge in [-0.15, -0.1) is 0 Å². The third-order valence-corrected chi connectivity index (χ3v) is 2.62.